The molecule has 242 valence electrons. The van der Waals surface area contributed by atoms with Crippen molar-refractivity contribution >= 4 is 25.7 Å². The van der Waals surface area contributed by atoms with Gasteiger partial charge in [-0.1, -0.05) is 18.2 Å². The van der Waals surface area contributed by atoms with Crippen molar-refractivity contribution in [1.82, 2.24) is 10.2 Å². The number of hydrogen-bond acceptors (Lipinski definition) is 5. The number of hydrogen-bond donors (Lipinski definition) is 1. The van der Waals surface area contributed by atoms with Crippen LogP contribution in [-0.4, -0.2) is 70.8 Å². The summed E-state index contributed by atoms with van der Waals surface area (Å²) in [6.45, 7) is -0.217. The molecular formula is C27H26F8N2O5S2. The highest BCUT2D eigenvalue weighted by molar-refractivity contribution is 7.92. The molecule has 0 bridgehead atoms. The van der Waals surface area contributed by atoms with Gasteiger partial charge in [0.1, 0.15) is 10.6 Å². The fraction of sp³-hybridized carbons (Fsp3) is 0.519. The van der Waals surface area contributed by atoms with E-state index in [9.17, 15) is 56.8 Å². The van der Waals surface area contributed by atoms with Crippen molar-refractivity contribution in [3.05, 3.63) is 65.0 Å². The molecule has 7 nitrogen and oxygen atoms in total. The second-order valence-corrected chi connectivity index (χ2v) is 15.8. The van der Waals surface area contributed by atoms with Crippen LogP contribution in [0.2, 0.25) is 0 Å². The Morgan fingerprint density at radius 2 is 1.61 bits per heavy atom. The number of carbonyl (C=O) groups is 1. The number of rotatable bonds is 5. The van der Waals surface area contributed by atoms with E-state index in [2.05, 4.69) is 5.32 Å². The third-order valence-electron chi connectivity index (χ3n) is 8.80. The summed E-state index contributed by atoms with van der Waals surface area (Å²) in [5.41, 5.74) is -7.95. The van der Waals surface area contributed by atoms with E-state index in [0.29, 0.717) is 12.5 Å². The number of sulfone groups is 2. The minimum atomic E-state index is -6.38. The number of urea groups is 1. The van der Waals surface area contributed by atoms with E-state index in [1.807, 2.05) is 0 Å². The van der Waals surface area contributed by atoms with E-state index in [1.165, 1.54) is 4.90 Å². The average Bonchev–Trinajstić information content (AvgIpc) is 3.50. The first-order valence-electron chi connectivity index (χ1n) is 13.5. The molecule has 0 aromatic heterocycles. The van der Waals surface area contributed by atoms with Gasteiger partial charge in [0.05, 0.1) is 22.4 Å². The van der Waals surface area contributed by atoms with Crippen LogP contribution >= 0.6 is 0 Å². The highest BCUT2D eigenvalue weighted by Gasteiger charge is 2.74. The monoisotopic (exact) mass is 674 g/mol. The van der Waals surface area contributed by atoms with Crippen LogP contribution in [0.1, 0.15) is 36.0 Å². The van der Waals surface area contributed by atoms with Crippen LogP contribution in [0.15, 0.2) is 47.4 Å². The van der Waals surface area contributed by atoms with E-state index < -0.39 is 70.8 Å². The third-order valence-corrected chi connectivity index (χ3v) is 13.2. The third kappa shape index (κ3) is 5.03. The molecule has 2 saturated heterocycles. The van der Waals surface area contributed by atoms with Crippen LogP contribution in [0.4, 0.5) is 39.9 Å². The van der Waals surface area contributed by atoms with Crippen molar-refractivity contribution < 1.29 is 56.8 Å². The van der Waals surface area contributed by atoms with Gasteiger partial charge >= 0.3 is 24.1 Å². The van der Waals surface area contributed by atoms with Crippen LogP contribution < -0.4 is 5.32 Å². The van der Waals surface area contributed by atoms with E-state index in [4.69, 9.17) is 0 Å². The van der Waals surface area contributed by atoms with Crippen LogP contribution in [0.3, 0.4) is 0 Å². The SMILES string of the molecule is O=C(NCC1CCS(=O)(=O)C1)N1CC[C@@]2(S(=O)(=O)c3ccc(F)cc3)c3ccc(C(F)(C(F)(F)F)C(F)(F)F)cc3CC[C@@H]12. The van der Waals surface area contributed by atoms with Crippen molar-refractivity contribution in [3.8, 4) is 0 Å². The lowest BCUT2D eigenvalue weighted by molar-refractivity contribution is -0.348. The molecule has 5 rings (SSSR count). The Hall–Kier alpha value is -2.95. The van der Waals surface area contributed by atoms with Crippen LogP contribution in [0.5, 0.6) is 0 Å². The number of benzene rings is 2. The Bertz CT molecular complexity index is 1660. The summed E-state index contributed by atoms with van der Waals surface area (Å²) < 4.78 is 160. The predicted octanol–water partition coefficient (Wildman–Crippen LogP) is 4.95. The fourth-order valence-corrected chi connectivity index (χ4v) is 10.9. The van der Waals surface area contributed by atoms with Gasteiger partial charge in [0.25, 0.3) is 0 Å². The molecular weight excluding hydrogens is 648 g/mol. The molecule has 0 spiro atoms. The highest BCUT2D eigenvalue weighted by atomic mass is 32.2. The maximum absolute atomic E-state index is 14.9. The molecule has 3 aliphatic rings. The van der Waals surface area contributed by atoms with Crippen molar-refractivity contribution in [2.24, 2.45) is 5.92 Å². The Labute approximate surface area is 247 Å². The fourth-order valence-electron chi connectivity index (χ4n) is 6.66. The number of halogens is 8. The van der Waals surface area contributed by atoms with Gasteiger partial charge in [-0.25, -0.2) is 30.4 Å². The second kappa shape index (κ2) is 10.6. The van der Waals surface area contributed by atoms with Crippen molar-refractivity contribution in [1.29, 1.82) is 0 Å². The quantitative estimate of drug-likeness (QED) is 0.358. The molecule has 2 fully saturated rings. The van der Waals surface area contributed by atoms with Crippen LogP contribution in [0.25, 0.3) is 0 Å². The van der Waals surface area contributed by atoms with Crippen molar-refractivity contribution in [2.45, 2.75) is 59.4 Å². The Balaban J connectivity index is 1.58. The number of carbonyl (C=O) groups excluding carboxylic acids is 1. The number of alkyl halides is 7. The van der Waals surface area contributed by atoms with E-state index in [1.54, 1.807) is 0 Å². The summed E-state index contributed by atoms with van der Waals surface area (Å²) in [4.78, 5) is 14.1. The summed E-state index contributed by atoms with van der Waals surface area (Å²) in [6, 6.07) is 3.12. The van der Waals surface area contributed by atoms with E-state index in [-0.39, 0.29) is 67.0 Å². The highest BCUT2D eigenvalue weighted by Crippen LogP contribution is 2.56. The maximum atomic E-state index is 14.9. The van der Waals surface area contributed by atoms with Gasteiger partial charge in [0.15, 0.2) is 19.7 Å². The topological polar surface area (TPSA) is 101 Å². The zero-order chi connectivity index (χ0) is 32.5. The average molecular weight is 675 g/mol. The van der Waals surface area contributed by atoms with Crippen LogP contribution in [0, 0.1) is 11.7 Å². The first kappa shape index (κ1) is 32.4. The maximum Gasteiger partial charge on any atom is 0.435 e. The first-order chi connectivity index (χ1) is 20.2. The Morgan fingerprint density at radius 1 is 0.977 bits per heavy atom. The largest absolute Gasteiger partial charge is 0.435 e. The predicted molar refractivity (Wildman–Crippen MR) is 140 cm³/mol. The summed E-state index contributed by atoms with van der Waals surface area (Å²) >= 11 is 0. The lowest BCUT2D eigenvalue weighted by Crippen LogP contribution is -2.54. The number of aryl methyl sites for hydroxylation is 1. The molecule has 2 heterocycles. The molecule has 1 unspecified atom stereocenters. The Kier molecular flexibility index (Phi) is 7.79. The van der Waals surface area contributed by atoms with Crippen LogP contribution in [-0.2, 0) is 36.5 Å². The molecule has 1 N–H and O–H groups in total. The number of likely N-dealkylation sites (tertiary alicyclic amines) is 1. The van der Waals surface area contributed by atoms with E-state index in [0.717, 1.165) is 30.3 Å². The molecule has 0 saturated carbocycles. The minimum absolute atomic E-state index is 0.0214. The van der Waals surface area contributed by atoms with Gasteiger partial charge in [-0.2, -0.15) is 26.3 Å². The molecule has 2 aliphatic heterocycles. The number of fused-ring (bicyclic) bond motifs is 3. The van der Waals surface area contributed by atoms with Gasteiger partial charge in [-0.3, -0.25) is 0 Å². The molecule has 2 aromatic rings. The zero-order valence-electron chi connectivity index (χ0n) is 22.7. The Morgan fingerprint density at radius 3 is 2.18 bits per heavy atom. The number of nitrogens with zero attached hydrogens (tertiary/aromatic N) is 1. The summed E-state index contributed by atoms with van der Waals surface area (Å²) in [5, 5.41) is 2.62. The van der Waals surface area contributed by atoms with E-state index >= 15 is 0 Å². The van der Waals surface area contributed by atoms with Crippen molar-refractivity contribution in [2.75, 3.05) is 24.6 Å². The molecule has 2 amide bonds. The van der Waals surface area contributed by atoms with Gasteiger partial charge in [0.2, 0.25) is 0 Å². The normalized spacial score (nSPS) is 25.4. The smallest absolute Gasteiger partial charge is 0.338 e. The number of nitrogens with one attached hydrogen (secondary N) is 1. The molecule has 44 heavy (non-hydrogen) atoms. The molecule has 17 heteroatoms. The molecule has 2 aromatic carbocycles. The molecule has 3 atom stereocenters. The summed E-state index contributed by atoms with van der Waals surface area (Å²) in [5.74, 6) is -1.32. The lowest BCUT2D eigenvalue weighted by Gasteiger charge is -2.43. The van der Waals surface area contributed by atoms with Gasteiger partial charge in [0, 0.05) is 18.7 Å². The van der Waals surface area contributed by atoms with Gasteiger partial charge < -0.3 is 10.2 Å². The second-order valence-electron chi connectivity index (χ2n) is 11.3. The molecule has 0 radical (unpaired) electrons. The summed E-state index contributed by atoms with van der Waals surface area (Å²) in [7, 11) is -7.86. The molecule has 1 aliphatic carbocycles. The van der Waals surface area contributed by atoms with Gasteiger partial charge in [-0.05, 0) is 67.0 Å². The first-order valence-corrected chi connectivity index (χ1v) is 16.8. The standard InChI is InChI=1S/C27H26F8N2O5S2/c28-19-3-5-20(6-4-19)44(41,42)24-10-11-37(23(38)36-14-16-9-12-43(39,40)15-16)22(24)8-1-17-13-18(2-7-21(17)24)25(29,26(30,31)32)27(33,34)35/h2-7,13,16,22H,1,8-12,14-15H2,(H,36,38)/t16?,22-,24-/m1/s1. The minimum Gasteiger partial charge on any atom is -0.338 e. The van der Waals surface area contributed by atoms with Crippen molar-refractivity contribution in [3.63, 3.8) is 0 Å². The van der Waals surface area contributed by atoms with Gasteiger partial charge in [-0.15, -0.1) is 0 Å². The zero-order valence-corrected chi connectivity index (χ0v) is 24.3. The number of amides is 2. The summed E-state index contributed by atoms with van der Waals surface area (Å²) in [6.07, 6.45) is -13.3. The lowest BCUT2D eigenvalue weighted by atomic mass is 9.77.